The van der Waals surface area contributed by atoms with Crippen LogP contribution in [0.1, 0.15) is 208 Å². The standard InChI is InChI=1S/C52H85NO4/c1-7-8-9-10-11-12-15-18-34-53-38-41-24-26-43(37-49(41)54)56-35-19-16-13-14-17-23-50(55)57-44-30-32-51(5)42(36-44)25-27-45-47-29-28-46(40(4)22-20-21-39(2)3)52(47,6)33-31-48(45)51/h24-26,37-40,44-48,54H,7-23,27-36H2,1-6H3/t40-,44+,45+,46-,47+,48+,51+,52-/m1/s1. The van der Waals surface area contributed by atoms with Crippen LogP contribution >= 0.6 is 0 Å². The van der Waals surface area contributed by atoms with E-state index in [9.17, 15) is 9.90 Å². The van der Waals surface area contributed by atoms with E-state index < -0.39 is 0 Å². The molecule has 0 aromatic heterocycles. The molecule has 5 nitrogen and oxygen atoms in total. The average molecular weight is 788 g/mol. The Balaban J connectivity index is 0.926. The zero-order valence-electron chi connectivity index (χ0n) is 37.6. The van der Waals surface area contributed by atoms with E-state index in [0.717, 1.165) is 99.0 Å². The Morgan fingerprint density at radius 1 is 0.860 bits per heavy atom. The number of phenolic OH excluding ortho intramolecular Hbond substituents is 1. The summed E-state index contributed by atoms with van der Waals surface area (Å²) in [5, 5.41) is 10.5. The number of hydrogen-bond acceptors (Lipinski definition) is 5. The van der Waals surface area contributed by atoms with Crippen LogP contribution in [0.2, 0.25) is 0 Å². The van der Waals surface area contributed by atoms with Gasteiger partial charge in [0.05, 0.1) is 6.61 Å². The average Bonchev–Trinajstić information content (AvgIpc) is 3.54. The Morgan fingerprint density at radius 3 is 2.35 bits per heavy atom. The summed E-state index contributed by atoms with van der Waals surface area (Å²) >= 11 is 0. The van der Waals surface area contributed by atoms with Gasteiger partial charge in [0.15, 0.2) is 0 Å². The molecule has 3 fully saturated rings. The molecule has 1 aromatic carbocycles. The second-order valence-corrected chi connectivity index (χ2v) is 20.2. The third kappa shape index (κ3) is 12.8. The predicted molar refractivity (Wildman–Crippen MR) is 239 cm³/mol. The number of allylic oxidation sites excluding steroid dienone is 1. The Morgan fingerprint density at radius 2 is 1.60 bits per heavy atom. The normalized spacial score (nSPS) is 28.8. The SMILES string of the molecule is CCCCCCCCCCN=Cc1ccc(OCCCCCCCC(=O)O[C@H]2CC[C@@]3(C)C(=CC[C@H]4[C@@H]5CC[C@H]([C@H](C)CCCC(C)C)[C@@]5(C)CC[C@@H]43)C2)cc1O. The van der Waals surface area contributed by atoms with Crippen molar-refractivity contribution in [3.05, 3.63) is 35.4 Å². The summed E-state index contributed by atoms with van der Waals surface area (Å²) in [6.07, 6.45) is 34.7. The van der Waals surface area contributed by atoms with Gasteiger partial charge in [-0.1, -0.05) is 137 Å². The van der Waals surface area contributed by atoms with Crippen molar-refractivity contribution in [2.75, 3.05) is 13.2 Å². The highest BCUT2D eigenvalue weighted by atomic mass is 16.5. The minimum absolute atomic E-state index is 0.00404. The number of benzene rings is 1. The molecule has 0 heterocycles. The fourth-order valence-electron chi connectivity index (χ4n) is 12.3. The molecule has 0 radical (unpaired) electrons. The molecule has 0 spiro atoms. The molecule has 1 N–H and O–H groups in total. The van der Waals surface area contributed by atoms with Gasteiger partial charge in [0.2, 0.25) is 0 Å². The molecule has 5 rings (SSSR count). The summed E-state index contributed by atoms with van der Waals surface area (Å²) in [5.41, 5.74) is 3.18. The van der Waals surface area contributed by atoms with E-state index in [2.05, 4.69) is 52.6 Å². The maximum absolute atomic E-state index is 12.9. The number of nitrogens with zero attached hydrogens (tertiary/aromatic N) is 1. The smallest absolute Gasteiger partial charge is 0.306 e. The zero-order valence-corrected chi connectivity index (χ0v) is 37.6. The molecule has 3 saturated carbocycles. The number of aromatic hydroxyl groups is 1. The lowest BCUT2D eigenvalue weighted by Crippen LogP contribution is -2.51. The molecule has 8 atom stereocenters. The number of unbranched alkanes of at least 4 members (excludes halogenated alkanes) is 11. The molecule has 322 valence electrons. The molecular formula is C52H85NO4. The molecule has 0 amide bonds. The molecule has 1 aromatic rings. The molecule has 4 aliphatic carbocycles. The summed E-state index contributed by atoms with van der Waals surface area (Å²) in [6, 6.07) is 5.51. The van der Waals surface area contributed by atoms with E-state index in [-0.39, 0.29) is 17.8 Å². The van der Waals surface area contributed by atoms with Crippen LogP contribution in [0.4, 0.5) is 0 Å². The molecule has 57 heavy (non-hydrogen) atoms. The largest absolute Gasteiger partial charge is 0.507 e. The van der Waals surface area contributed by atoms with E-state index in [4.69, 9.17) is 9.47 Å². The zero-order chi connectivity index (χ0) is 40.7. The van der Waals surface area contributed by atoms with Gasteiger partial charge in [0.1, 0.15) is 17.6 Å². The Hall–Kier alpha value is -2.30. The number of rotatable bonds is 25. The Labute approximate surface area is 350 Å². The van der Waals surface area contributed by atoms with Crippen molar-refractivity contribution in [1.29, 1.82) is 0 Å². The van der Waals surface area contributed by atoms with Crippen molar-refractivity contribution in [2.45, 2.75) is 208 Å². The highest BCUT2D eigenvalue weighted by Gasteiger charge is 2.59. The summed E-state index contributed by atoms with van der Waals surface area (Å²) in [5.74, 6) is 6.03. The molecule has 0 saturated heterocycles. The quantitative estimate of drug-likeness (QED) is 0.0464. The van der Waals surface area contributed by atoms with Gasteiger partial charge in [-0.15, -0.1) is 0 Å². The van der Waals surface area contributed by atoms with E-state index in [1.807, 2.05) is 12.1 Å². The molecule has 0 unspecified atom stereocenters. The summed E-state index contributed by atoms with van der Waals surface area (Å²) < 4.78 is 12.1. The maximum atomic E-state index is 12.9. The third-order valence-electron chi connectivity index (χ3n) is 15.7. The lowest BCUT2D eigenvalue weighted by molar-refractivity contribution is -0.151. The van der Waals surface area contributed by atoms with Crippen LogP contribution in [-0.4, -0.2) is 36.5 Å². The van der Waals surface area contributed by atoms with E-state index in [0.29, 0.717) is 29.6 Å². The molecule has 0 bridgehead atoms. The molecule has 0 aliphatic heterocycles. The fraction of sp³-hybridized carbons (Fsp3) is 0.808. The van der Waals surface area contributed by atoms with Crippen molar-refractivity contribution in [2.24, 2.45) is 51.3 Å². The minimum Gasteiger partial charge on any atom is -0.507 e. The van der Waals surface area contributed by atoms with Crippen LogP contribution in [0.15, 0.2) is 34.8 Å². The van der Waals surface area contributed by atoms with Crippen molar-refractivity contribution < 1.29 is 19.4 Å². The summed E-state index contributed by atoms with van der Waals surface area (Å²) in [4.78, 5) is 17.5. The lowest BCUT2D eigenvalue weighted by atomic mass is 9.47. The van der Waals surface area contributed by atoms with Crippen LogP contribution in [0.25, 0.3) is 0 Å². The van der Waals surface area contributed by atoms with Crippen LogP contribution < -0.4 is 4.74 Å². The van der Waals surface area contributed by atoms with Gasteiger partial charge in [0, 0.05) is 37.2 Å². The third-order valence-corrected chi connectivity index (χ3v) is 15.7. The van der Waals surface area contributed by atoms with Gasteiger partial charge < -0.3 is 14.6 Å². The Kier molecular flexibility index (Phi) is 18.4. The van der Waals surface area contributed by atoms with Crippen molar-refractivity contribution in [3.8, 4) is 11.5 Å². The van der Waals surface area contributed by atoms with Crippen molar-refractivity contribution >= 4 is 12.2 Å². The number of carbonyl (C=O) groups is 1. The number of fused-ring (bicyclic) bond motifs is 5. The van der Waals surface area contributed by atoms with Gasteiger partial charge in [-0.3, -0.25) is 9.79 Å². The fourth-order valence-corrected chi connectivity index (χ4v) is 12.3. The summed E-state index contributed by atoms with van der Waals surface area (Å²) in [7, 11) is 0. The van der Waals surface area contributed by atoms with Crippen molar-refractivity contribution in [3.63, 3.8) is 0 Å². The maximum Gasteiger partial charge on any atom is 0.306 e. The predicted octanol–water partition coefficient (Wildman–Crippen LogP) is 14.6. The van der Waals surface area contributed by atoms with Crippen LogP contribution in [0.5, 0.6) is 11.5 Å². The number of esters is 1. The molecular weight excluding hydrogens is 703 g/mol. The monoisotopic (exact) mass is 788 g/mol. The van der Waals surface area contributed by atoms with E-state index >= 15 is 0 Å². The Bertz CT molecular complexity index is 1420. The number of carbonyl (C=O) groups excluding carboxylic acids is 1. The van der Waals surface area contributed by atoms with Gasteiger partial charge >= 0.3 is 5.97 Å². The second-order valence-electron chi connectivity index (χ2n) is 20.2. The minimum atomic E-state index is -0.00404. The van der Waals surface area contributed by atoms with E-state index in [1.54, 1.807) is 17.9 Å². The first-order valence-electron chi connectivity index (χ1n) is 24.4. The first-order chi connectivity index (χ1) is 27.5. The van der Waals surface area contributed by atoms with Gasteiger partial charge in [-0.05, 0) is 123 Å². The van der Waals surface area contributed by atoms with Gasteiger partial charge in [-0.2, -0.15) is 0 Å². The first kappa shape index (κ1) is 45.8. The number of aliphatic imine (C=N–C) groups is 1. The highest BCUT2D eigenvalue weighted by Crippen LogP contribution is 2.67. The van der Waals surface area contributed by atoms with Gasteiger partial charge in [-0.25, -0.2) is 0 Å². The second kappa shape index (κ2) is 22.9. The highest BCUT2D eigenvalue weighted by molar-refractivity contribution is 5.83. The summed E-state index contributed by atoms with van der Waals surface area (Å²) in [6.45, 7) is 16.3. The van der Waals surface area contributed by atoms with Crippen LogP contribution in [0.3, 0.4) is 0 Å². The molecule has 4 aliphatic rings. The van der Waals surface area contributed by atoms with Crippen LogP contribution in [-0.2, 0) is 9.53 Å². The van der Waals surface area contributed by atoms with Crippen molar-refractivity contribution in [1.82, 2.24) is 0 Å². The number of ether oxygens (including phenoxy) is 2. The number of hydrogen-bond donors (Lipinski definition) is 1. The topological polar surface area (TPSA) is 68.1 Å². The number of phenols is 1. The van der Waals surface area contributed by atoms with Crippen LogP contribution in [0, 0.1) is 46.3 Å². The molecule has 5 heteroatoms. The first-order valence-corrected chi connectivity index (χ1v) is 24.4. The lowest BCUT2D eigenvalue weighted by Gasteiger charge is -2.58. The van der Waals surface area contributed by atoms with Gasteiger partial charge in [0.25, 0.3) is 0 Å². The van der Waals surface area contributed by atoms with E-state index in [1.165, 1.54) is 103 Å².